The van der Waals surface area contributed by atoms with Crippen LogP contribution in [0.1, 0.15) is 23.8 Å². The van der Waals surface area contributed by atoms with Gasteiger partial charge in [-0.25, -0.2) is 0 Å². The molecular weight excluding hydrogens is 370 g/mol. The number of aromatic nitrogens is 1. The molecule has 2 N–H and O–H groups in total. The average molecular weight is 393 g/mol. The van der Waals surface area contributed by atoms with Crippen molar-refractivity contribution in [2.24, 2.45) is 0 Å². The molecule has 7 heteroatoms. The highest BCUT2D eigenvalue weighted by atomic mass is 16.3. The van der Waals surface area contributed by atoms with Crippen LogP contribution < -0.4 is 0 Å². The van der Waals surface area contributed by atoms with Gasteiger partial charge in [-0.05, 0) is 45.3 Å². The van der Waals surface area contributed by atoms with Gasteiger partial charge >= 0.3 is 0 Å². The van der Waals surface area contributed by atoms with Crippen molar-refractivity contribution in [3.63, 3.8) is 0 Å². The fraction of sp³-hybridized carbons (Fsp3) is 0.273. The third-order valence-corrected chi connectivity index (χ3v) is 5.20. The summed E-state index contributed by atoms with van der Waals surface area (Å²) in [6.45, 7) is 1.16. The minimum Gasteiger partial charge on any atom is -0.507 e. The number of ketones is 1. The molecule has 1 saturated heterocycles. The van der Waals surface area contributed by atoms with E-state index in [0.717, 1.165) is 17.4 Å². The van der Waals surface area contributed by atoms with Crippen LogP contribution in [0.2, 0.25) is 0 Å². The number of amides is 1. The van der Waals surface area contributed by atoms with Crippen molar-refractivity contribution in [3.8, 4) is 0 Å². The van der Waals surface area contributed by atoms with E-state index < -0.39 is 17.7 Å². The molecule has 0 spiro atoms. The van der Waals surface area contributed by atoms with Gasteiger partial charge in [-0.1, -0.05) is 18.2 Å². The predicted octanol–water partition coefficient (Wildman–Crippen LogP) is 3.13. The fourth-order valence-electron chi connectivity index (χ4n) is 3.82. The van der Waals surface area contributed by atoms with Crippen LogP contribution in [-0.4, -0.2) is 58.8 Å². The number of hydrogen-bond donors (Lipinski definition) is 2. The number of benzene rings is 1. The first-order chi connectivity index (χ1) is 14.0. The minimum atomic E-state index is -0.749. The van der Waals surface area contributed by atoms with Gasteiger partial charge in [-0.3, -0.25) is 9.59 Å². The SMILES string of the molecule is CN(C)CCCN1C(=O)C(=O)C(=C(O)c2c[nH]c3ccccc23)[C@H]1c1ccco1. The summed E-state index contributed by atoms with van der Waals surface area (Å²) in [5.74, 6) is -1.06. The van der Waals surface area contributed by atoms with Gasteiger partial charge in [0.1, 0.15) is 17.6 Å². The number of hydrogen-bond acceptors (Lipinski definition) is 5. The Balaban J connectivity index is 1.81. The molecule has 1 aromatic carbocycles. The van der Waals surface area contributed by atoms with Crippen molar-refractivity contribution >= 4 is 28.4 Å². The summed E-state index contributed by atoms with van der Waals surface area (Å²) >= 11 is 0. The number of para-hydroxylation sites is 1. The summed E-state index contributed by atoms with van der Waals surface area (Å²) in [6, 6.07) is 10.2. The van der Waals surface area contributed by atoms with Gasteiger partial charge < -0.3 is 24.3 Å². The van der Waals surface area contributed by atoms with Gasteiger partial charge in [0.05, 0.1) is 11.8 Å². The summed E-state index contributed by atoms with van der Waals surface area (Å²) in [5, 5.41) is 11.9. The maximum absolute atomic E-state index is 12.9. The summed E-state index contributed by atoms with van der Waals surface area (Å²) in [6.07, 6.45) is 3.85. The lowest BCUT2D eigenvalue weighted by atomic mass is 9.99. The largest absolute Gasteiger partial charge is 0.507 e. The van der Waals surface area contributed by atoms with E-state index in [2.05, 4.69) is 4.98 Å². The van der Waals surface area contributed by atoms with E-state index >= 15 is 0 Å². The lowest BCUT2D eigenvalue weighted by Crippen LogP contribution is -2.32. The number of nitrogens with one attached hydrogen (secondary N) is 1. The quantitative estimate of drug-likeness (QED) is 0.382. The van der Waals surface area contributed by atoms with Gasteiger partial charge in [0.25, 0.3) is 11.7 Å². The van der Waals surface area contributed by atoms with Gasteiger partial charge in [0.2, 0.25) is 0 Å². The Kier molecular flexibility index (Phi) is 4.98. The standard InChI is InChI=1S/C22H23N3O4/c1-24(2)10-6-11-25-19(17-9-5-12-29-17)18(21(27)22(25)28)20(26)15-13-23-16-8-4-3-7-14(15)16/h3-5,7-9,12-13,19,23,26H,6,10-11H2,1-2H3/t19-/m1/s1. The van der Waals surface area contributed by atoms with Gasteiger partial charge in [0, 0.05) is 29.2 Å². The van der Waals surface area contributed by atoms with Crippen LogP contribution >= 0.6 is 0 Å². The number of aliphatic hydroxyl groups is 1. The Hall–Kier alpha value is -3.32. The Morgan fingerprint density at radius 3 is 2.72 bits per heavy atom. The molecule has 1 fully saturated rings. The molecule has 3 heterocycles. The molecule has 150 valence electrons. The number of H-pyrrole nitrogens is 1. The van der Waals surface area contributed by atoms with Crippen LogP contribution in [0.5, 0.6) is 0 Å². The number of likely N-dealkylation sites (tertiary alicyclic amines) is 1. The smallest absolute Gasteiger partial charge is 0.295 e. The molecule has 1 amide bonds. The molecule has 1 atom stereocenters. The first kappa shape index (κ1) is 19.0. The first-order valence-electron chi connectivity index (χ1n) is 9.52. The second-order valence-electron chi connectivity index (χ2n) is 7.41. The number of carbonyl (C=O) groups excluding carboxylic acids is 2. The number of aliphatic hydroxyl groups excluding tert-OH is 1. The Morgan fingerprint density at radius 1 is 1.21 bits per heavy atom. The lowest BCUT2D eigenvalue weighted by Gasteiger charge is -2.23. The lowest BCUT2D eigenvalue weighted by molar-refractivity contribution is -0.140. The van der Waals surface area contributed by atoms with Crippen molar-refractivity contribution in [2.45, 2.75) is 12.5 Å². The number of aromatic amines is 1. The highest BCUT2D eigenvalue weighted by Crippen LogP contribution is 2.40. The molecule has 0 saturated carbocycles. The predicted molar refractivity (Wildman–Crippen MR) is 109 cm³/mol. The van der Waals surface area contributed by atoms with E-state index in [-0.39, 0.29) is 11.3 Å². The molecular formula is C22H23N3O4. The van der Waals surface area contributed by atoms with Crippen LogP contribution in [0, 0.1) is 0 Å². The summed E-state index contributed by atoms with van der Waals surface area (Å²) < 4.78 is 5.55. The second-order valence-corrected chi connectivity index (χ2v) is 7.41. The van der Waals surface area contributed by atoms with E-state index in [0.29, 0.717) is 24.3 Å². The topological polar surface area (TPSA) is 89.8 Å². The molecule has 0 unspecified atom stereocenters. The van der Waals surface area contributed by atoms with Crippen LogP contribution in [0.4, 0.5) is 0 Å². The van der Waals surface area contributed by atoms with E-state index in [1.165, 1.54) is 11.2 Å². The van der Waals surface area contributed by atoms with E-state index in [4.69, 9.17) is 4.42 Å². The average Bonchev–Trinajstić information content (AvgIpc) is 3.42. The Bertz CT molecular complexity index is 1080. The third kappa shape index (κ3) is 3.34. The maximum Gasteiger partial charge on any atom is 0.295 e. The van der Waals surface area contributed by atoms with E-state index in [1.54, 1.807) is 18.3 Å². The van der Waals surface area contributed by atoms with Crippen LogP contribution in [0.15, 0.2) is 58.8 Å². The number of nitrogens with zero attached hydrogens (tertiary/aromatic N) is 2. The summed E-state index contributed by atoms with van der Waals surface area (Å²) in [4.78, 5) is 32.3. The molecule has 2 aromatic heterocycles. The first-order valence-corrected chi connectivity index (χ1v) is 9.52. The molecule has 0 radical (unpaired) electrons. The molecule has 0 aliphatic carbocycles. The van der Waals surface area contributed by atoms with Gasteiger partial charge in [-0.2, -0.15) is 0 Å². The maximum atomic E-state index is 12.9. The second kappa shape index (κ2) is 7.60. The number of Topliss-reactive ketones (excluding diaryl/α,β-unsaturated/α-hetero) is 1. The van der Waals surface area contributed by atoms with Crippen molar-refractivity contribution in [1.82, 2.24) is 14.8 Å². The van der Waals surface area contributed by atoms with Crippen molar-refractivity contribution in [1.29, 1.82) is 0 Å². The fourth-order valence-corrected chi connectivity index (χ4v) is 3.82. The zero-order chi connectivity index (χ0) is 20.5. The highest BCUT2D eigenvalue weighted by molar-refractivity contribution is 6.46. The number of fused-ring (bicyclic) bond motifs is 1. The van der Waals surface area contributed by atoms with Crippen molar-refractivity contribution in [3.05, 3.63) is 65.8 Å². The highest BCUT2D eigenvalue weighted by Gasteiger charge is 2.47. The van der Waals surface area contributed by atoms with E-state index in [9.17, 15) is 14.7 Å². The monoisotopic (exact) mass is 393 g/mol. The minimum absolute atomic E-state index is 0.0551. The molecule has 1 aliphatic heterocycles. The molecule has 1 aliphatic rings. The van der Waals surface area contributed by atoms with E-state index in [1.807, 2.05) is 43.3 Å². The van der Waals surface area contributed by atoms with Crippen LogP contribution in [-0.2, 0) is 9.59 Å². The number of furan rings is 1. The van der Waals surface area contributed by atoms with Crippen molar-refractivity contribution in [2.75, 3.05) is 27.2 Å². The summed E-state index contributed by atoms with van der Waals surface area (Å²) in [7, 11) is 3.91. The number of rotatable bonds is 6. The molecule has 0 bridgehead atoms. The zero-order valence-corrected chi connectivity index (χ0v) is 16.4. The van der Waals surface area contributed by atoms with Crippen LogP contribution in [0.25, 0.3) is 16.7 Å². The molecule has 4 rings (SSSR count). The van der Waals surface area contributed by atoms with Crippen molar-refractivity contribution < 1.29 is 19.1 Å². The van der Waals surface area contributed by atoms with Crippen LogP contribution in [0.3, 0.4) is 0 Å². The zero-order valence-electron chi connectivity index (χ0n) is 16.4. The normalized spacial score (nSPS) is 19.0. The Labute approximate surface area is 168 Å². The van der Waals surface area contributed by atoms with Gasteiger partial charge in [-0.15, -0.1) is 0 Å². The Morgan fingerprint density at radius 2 is 2.00 bits per heavy atom. The molecule has 7 nitrogen and oxygen atoms in total. The third-order valence-electron chi connectivity index (χ3n) is 5.20. The van der Waals surface area contributed by atoms with Gasteiger partial charge in [0.15, 0.2) is 0 Å². The molecule has 29 heavy (non-hydrogen) atoms. The number of carbonyl (C=O) groups is 2. The summed E-state index contributed by atoms with van der Waals surface area (Å²) in [5.41, 5.74) is 1.38. The molecule has 3 aromatic rings.